The normalized spacial score (nSPS) is 12.7. The van der Waals surface area contributed by atoms with Gasteiger partial charge in [0.25, 0.3) is 0 Å². The predicted octanol–water partition coefficient (Wildman–Crippen LogP) is 3.67. The monoisotopic (exact) mass is 371 g/mol. The van der Waals surface area contributed by atoms with Crippen LogP contribution in [-0.2, 0) is 13.0 Å². The molecule has 3 nitrogen and oxygen atoms in total. The third kappa shape index (κ3) is 3.02. The zero-order chi connectivity index (χ0) is 13.1. The highest BCUT2D eigenvalue weighted by molar-refractivity contribution is 9.11. The van der Waals surface area contributed by atoms with Crippen LogP contribution in [0, 0.1) is 0 Å². The number of hydrogen-bond donors (Lipinski definition) is 1. The second-order valence-electron chi connectivity index (χ2n) is 4.11. The molecule has 0 fully saturated rings. The van der Waals surface area contributed by atoms with Crippen molar-refractivity contribution >= 4 is 31.9 Å². The zero-order valence-corrected chi connectivity index (χ0v) is 13.3. The van der Waals surface area contributed by atoms with Crippen molar-refractivity contribution in [2.24, 2.45) is 5.73 Å². The minimum atomic E-state index is -0.0652. The number of benzene rings is 1. The summed E-state index contributed by atoms with van der Waals surface area (Å²) in [6.45, 7) is 3.02. The number of nitrogens with two attached hydrogens (primary N) is 1. The lowest BCUT2D eigenvalue weighted by Gasteiger charge is -2.15. The number of rotatable bonds is 4. The van der Waals surface area contributed by atoms with Crippen molar-refractivity contribution in [1.29, 1.82) is 0 Å². The number of imidazole rings is 1. The van der Waals surface area contributed by atoms with Crippen molar-refractivity contribution in [3.8, 4) is 0 Å². The van der Waals surface area contributed by atoms with Crippen LogP contribution in [-0.4, -0.2) is 9.55 Å². The minimum absolute atomic E-state index is 0.0652. The molecule has 1 aromatic carbocycles. The molecule has 0 aliphatic heterocycles. The molecule has 1 aromatic heterocycles. The van der Waals surface area contributed by atoms with Crippen LogP contribution in [0.25, 0.3) is 0 Å². The van der Waals surface area contributed by atoms with Crippen molar-refractivity contribution in [3.05, 3.63) is 50.9 Å². The molecule has 96 valence electrons. The molecule has 1 heterocycles. The maximum absolute atomic E-state index is 6.28. The smallest absolute Gasteiger partial charge is 0.110 e. The molecular weight excluding hydrogens is 358 g/mol. The Kier molecular flexibility index (Phi) is 4.59. The van der Waals surface area contributed by atoms with Gasteiger partial charge in [-0.2, -0.15) is 0 Å². The maximum atomic E-state index is 6.28. The van der Waals surface area contributed by atoms with Gasteiger partial charge in [0, 0.05) is 40.3 Å². The SMILES string of the molecule is CCn1ccnc1CC(N)c1cc(Br)ccc1Br. The summed E-state index contributed by atoms with van der Waals surface area (Å²) in [7, 11) is 0. The van der Waals surface area contributed by atoms with Gasteiger partial charge in [-0.15, -0.1) is 0 Å². The van der Waals surface area contributed by atoms with Crippen LogP contribution in [0.15, 0.2) is 39.5 Å². The van der Waals surface area contributed by atoms with Crippen LogP contribution in [0.1, 0.15) is 24.4 Å². The van der Waals surface area contributed by atoms with Crippen LogP contribution >= 0.6 is 31.9 Å². The maximum Gasteiger partial charge on any atom is 0.110 e. The Hall–Kier alpha value is -0.650. The van der Waals surface area contributed by atoms with Gasteiger partial charge in [-0.05, 0) is 30.7 Å². The van der Waals surface area contributed by atoms with E-state index < -0.39 is 0 Å². The molecule has 0 spiro atoms. The molecule has 1 unspecified atom stereocenters. The first kappa shape index (κ1) is 13.8. The number of aromatic nitrogens is 2. The van der Waals surface area contributed by atoms with E-state index in [2.05, 4.69) is 48.3 Å². The van der Waals surface area contributed by atoms with E-state index in [0.717, 1.165) is 33.3 Å². The van der Waals surface area contributed by atoms with Crippen molar-refractivity contribution in [1.82, 2.24) is 9.55 Å². The molecule has 2 rings (SSSR count). The van der Waals surface area contributed by atoms with E-state index in [1.54, 1.807) is 0 Å². The first-order valence-electron chi connectivity index (χ1n) is 5.82. The fraction of sp³-hybridized carbons (Fsp3) is 0.308. The van der Waals surface area contributed by atoms with E-state index >= 15 is 0 Å². The first-order chi connectivity index (χ1) is 8.61. The van der Waals surface area contributed by atoms with E-state index in [4.69, 9.17) is 5.73 Å². The highest BCUT2D eigenvalue weighted by atomic mass is 79.9. The molecule has 0 aliphatic rings. The second-order valence-corrected chi connectivity index (χ2v) is 5.88. The Morgan fingerprint density at radius 1 is 1.39 bits per heavy atom. The van der Waals surface area contributed by atoms with Crippen LogP contribution in [0.5, 0.6) is 0 Å². The highest BCUT2D eigenvalue weighted by Gasteiger charge is 2.13. The summed E-state index contributed by atoms with van der Waals surface area (Å²) < 4.78 is 4.19. The molecule has 2 N–H and O–H groups in total. The topological polar surface area (TPSA) is 43.8 Å². The lowest BCUT2D eigenvalue weighted by molar-refractivity contribution is 0.626. The average Bonchev–Trinajstić information content (AvgIpc) is 2.79. The molecule has 0 bridgehead atoms. The first-order valence-corrected chi connectivity index (χ1v) is 7.41. The molecule has 5 heteroatoms. The summed E-state index contributed by atoms with van der Waals surface area (Å²) in [5, 5.41) is 0. The largest absolute Gasteiger partial charge is 0.335 e. The Labute approximate surface area is 124 Å². The Bertz CT molecular complexity index is 537. The third-order valence-corrected chi connectivity index (χ3v) is 4.12. The fourth-order valence-electron chi connectivity index (χ4n) is 1.92. The number of aryl methyl sites for hydroxylation is 1. The lowest BCUT2D eigenvalue weighted by Crippen LogP contribution is -2.17. The summed E-state index contributed by atoms with van der Waals surface area (Å²) in [4.78, 5) is 4.36. The molecule has 1 atom stereocenters. The zero-order valence-electron chi connectivity index (χ0n) is 10.1. The molecule has 0 aliphatic carbocycles. The Morgan fingerprint density at radius 3 is 2.89 bits per heavy atom. The van der Waals surface area contributed by atoms with Crippen molar-refractivity contribution in [2.45, 2.75) is 25.9 Å². The van der Waals surface area contributed by atoms with Crippen molar-refractivity contribution < 1.29 is 0 Å². The fourth-order valence-corrected chi connectivity index (χ4v) is 2.84. The van der Waals surface area contributed by atoms with Gasteiger partial charge in [-0.3, -0.25) is 0 Å². The van der Waals surface area contributed by atoms with Gasteiger partial charge in [0.1, 0.15) is 5.82 Å². The molecule has 0 saturated carbocycles. The molecule has 0 radical (unpaired) electrons. The van der Waals surface area contributed by atoms with Gasteiger partial charge in [0.2, 0.25) is 0 Å². The quantitative estimate of drug-likeness (QED) is 0.889. The second kappa shape index (κ2) is 5.99. The summed E-state index contributed by atoms with van der Waals surface area (Å²) in [6.07, 6.45) is 4.54. The molecule has 2 aromatic rings. The van der Waals surface area contributed by atoms with Crippen LogP contribution in [0.3, 0.4) is 0 Å². The summed E-state index contributed by atoms with van der Waals surface area (Å²) in [6, 6.07) is 5.98. The van der Waals surface area contributed by atoms with Crippen LogP contribution in [0.2, 0.25) is 0 Å². The van der Waals surface area contributed by atoms with E-state index in [1.807, 2.05) is 30.6 Å². The summed E-state index contributed by atoms with van der Waals surface area (Å²) >= 11 is 7.02. The minimum Gasteiger partial charge on any atom is -0.335 e. The number of hydrogen-bond acceptors (Lipinski definition) is 2. The van der Waals surface area contributed by atoms with E-state index in [-0.39, 0.29) is 6.04 Å². The molecular formula is C13H15Br2N3. The summed E-state index contributed by atoms with van der Waals surface area (Å²) in [5.41, 5.74) is 7.37. The third-order valence-electron chi connectivity index (χ3n) is 2.90. The van der Waals surface area contributed by atoms with Gasteiger partial charge in [0.15, 0.2) is 0 Å². The molecule has 0 amide bonds. The average molecular weight is 373 g/mol. The summed E-state index contributed by atoms with van der Waals surface area (Å²) in [5.74, 6) is 1.02. The molecule has 18 heavy (non-hydrogen) atoms. The van der Waals surface area contributed by atoms with Gasteiger partial charge < -0.3 is 10.3 Å². The molecule has 0 saturated heterocycles. The van der Waals surface area contributed by atoms with E-state index in [9.17, 15) is 0 Å². The lowest BCUT2D eigenvalue weighted by atomic mass is 10.0. The standard InChI is InChI=1S/C13H15Br2N3/c1-2-18-6-5-17-13(18)8-12(16)10-7-9(14)3-4-11(10)15/h3-7,12H,2,8,16H2,1H3. The Balaban J connectivity index is 2.21. The number of halogens is 2. The van der Waals surface area contributed by atoms with Crippen LogP contribution in [0.4, 0.5) is 0 Å². The van der Waals surface area contributed by atoms with Gasteiger partial charge >= 0.3 is 0 Å². The number of nitrogens with zero attached hydrogens (tertiary/aromatic N) is 2. The van der Waals surface area contributed by atoms with Crippen molar-refractivity contribution in [2.75, 3.05) is 0 Å². The van der Waals surface area contributed by atoms with E-state index in [0.29, 0.717) is 0 Å². The van der Waals surface area contributed by atoms with Gasteiger partial charge in [0.05, 0.1) is 0 Å². The van der Waals surface area contributed by atoms with Gasteiger partial charge in [-0.25, -0.2) is 4.98 Å². The van der Waals surface area contributed by atoms with Crippen LogP contribution < -0.4 is 5.73 Å². The van der Waals surface area contributed by atoms with E-state index in [1.165, 1.54) is 0 Å². The Morgan fingerprint density at radius 2 is 2.17 bits per heavy atom. The predicted molar refractivity (Wildman–Crippen MR) is 80.4 cm³/mol. The van der Waals surface area contributed by atoms with Crippen molar-refractivity contribution in [3.63, 3.8) is 0 Å². The highest BCUT2D eigenvalue weighted by Crippen LogP contribution is 2.27. The van der Waals surface area contributed by atoms with Gasteiger partial charge in [-0.1, -0.05) is 31.9 Å².